The molecule has 19 heavy (non-hydrogen) atoms. The summed E-state index contributed by atoms with van der Waals surface area (Å²) in [6.07, 6.45) is 12.1. The summed E-state index contributed by atoms with van der Waals surface area (Å²) >= 11 is 0. The molecule has 0 amide bonds. The number of nitrogens with one attached hydrogen (secondary N) is 1. The van der Waals surface area contributed by atoms with Gasteiger partial charge in [0.25, 0.3) is 0 Å². The molecule has 1 aromatic heterocycles. The molecule has 0 atom stereocenters. The second kappa shape index (κ2) is 8.33. The molecule has 1 aliphatic carbocycles. The van der Waals surface area contributed by atoms with Gasteiger partial charge in [0, 0.05) is 25.8 Å². The molecule has 0 bridgehead atoms. The topological polar surface area (TPSA) is 39.1 Å². The molecule has 0 aromatic carbocycles. The Labute approximate surface area is 116 Å². The van der Waals surface area contributed by atoms with Gasteiger partial charge >= 0.3 is 0 Å². The molecule has 0 spiro atoms. The van der Waals surface area contributed by atoms with Crippen LogP contribution in [-0.4, -0.2) is 28.8 Å². The molecule has 1 saturated carbocycles. The van der Waals surface area contributed by atoms with Gasteiger partial charge < -0.3 is 14.6 Å². The van der Waals surface area contributed by atoms with Crippen molar-refractivity contribution < 1.29 is 4.74 Å². The first-order valence-corrected chi connectivity index (χ1v) is 7.71. The number of ether oxygens (including phenoxy) is 1. The zero-order valence-electron chi connectivity index (χ0n) is 12.1. The van der Waals surface area contributed by atoms with Crippen molar-refractivity contribution in [3.63, 3.8) is 0 Å². The van der Waals surface area contributed by atoms with Crippen LogP contribution in [0.4, 0.5) is 0 Å². The number of hydrogen-bond donors (Lipinski definition) is 1. The van der Waals surface area contributed by atoms with Gasteiger partial charge in [-0.1, -0.05) is 26.2 Å². The zero-order valence-corrected chi connectivity index (χ0v) is 12.1. The molecule has 4 nitrogen and oxygen atoms in total. The maximum absolute atomic E-state index is 5.90. The quantitative estimate of drug-likeness (QED) is 0.735. The predicted molar refractivity (Wildman–Crippen MR) is 77.0 cm³/mol. The summed E-state index contributed by atoms with van der Waals surface area (Å²) in [7, 11) is 0. The van der Waals surface area contributed by atoms with E-state index in [9.17, 15) is 0 Å². The molecule has 1 heterocycles. The minimum Gasteiger partial charge on any atom is -0.377 e. The van der Waals surface area contributed by atoms with Crippen LogP contribution in [0.1, 0.15) is 51.1 Å². The Morgan fingerprint density at radius 2 is 2.21 bits per heavy atom. The highest BCUT2D eigenvalue weighted by Crippen LogP contribution is 2.19. The highest BCUT2D eigenvalue weighted by Gasteiger charge is 2.12. The molecule has 0 saturated heterocycles. The van der Waals surface area contributed by atoms with Crippen molar-refractivity contribution in [3.8, 4) is 0 Å². The minimum atomic E-state index is 0.515. The third kappa shape index (κ3) is 4.96. The Hall–Kier alpha value is -0.870. The zero-order chi connectivity index (χ0) is 13.3. The molecule has 0 unspecified atom stereocenters. The van der Waals surface area contributed by atoms with Gasteiger partial charge in [-0.2, -0.15) is 0 Å². The van der Waals surface area contributed by atoms with Crippen LogP contribution in [0.5, 0.6) is 0 Å². The number of hydrogen-bond acceptors (Lipinski definition) is 3. The molecule has 1 aliphatic rings. The Balaban J connectivity index is 1.57. The van der Waals surface area contributed by atoms with Crippen molar-refractivity contribution >= 4 is 0 Å². The summed E-state index contributed by atoms with van der Waals surface area (Å²) in [5.74, 6) is 0. The summed E-state index contributed by atoms with van der Waals surface area (Å²) in [6.45, 7) is 5.87. The summed E-state index contributed by atoms with van der Waals surface area (Å²) in [5, 5.41) is 3.44. The minimum absolute atomic E-state index is 0.515. The van der Waals surface area contributed by atoms with Crippen molar-refractivity contribution in [1.29, 1.82) is 0 Å². The monoisotopic (exact) mass is 265 g/mol. The fourth-order valence-electron chi connectivity index (χ4n) is 2.68. The number of aromatic nitrogens is 2. The third-order valence-electron chi connectivity index (χ3n) is 3.75. The maximum atomic E-state index is 5.90. The highest BCUT2D eigenvalue weighted by molar-refractivity contribution is 4.97. The lowest BCUT2D eigenvalue weighted by atomic mass is 9.98. The van der Waals surface area contributed by atoms with Crippen molar-refractivity contribution in [2.24, 2.45) is 0 Å². The third-order valence-corrected chi connectivity index (χ3v) is 3.75. The van der Waals surface area contributed by atoms with Crippen LogP contribution in [0, 0.1) is 0 Å². The molecule has 4 heteroatoms. The van der Waals surface area contributed by atoms with Crippen molar-refractivity contribution in [2.45, 2.75) is 64.6 Å². The van der Waals surface area contributed by atoms with Crippen LogP contribution in [0.15, 0.2) is 12.5 Å². The number of imidazole rings is 1. The summed E-state index contributed by atoms with van der Waals surface area (Å²) in [4.78, 5) is 4.20. The van der Waals surface area contributed by atoms with Crippen molar-refractivity contribution in [1.82, 2.24) is 14.9 Å². The van der Waals surface area contributed by atoms with Gasteiger partial charge in [-0.15, -0.1) is 0 Å². The van der Waals surface area contributed by atoms with Gasteiger partial charge in [0.15, 0.2) is 0 Å². The average molecular weight is 265 g/mol. The van der Waals surface area contributed by atoms with E-state index in [-0.39, 0.29) is 0 Å². The van der Waals surface area contributed by atoms with Gasteiger partial charge in [-0.3, -0.25) is 0 Å². The Morgan fingerprint density at radius 1 is 1.37 bits per heavy atom. The van der Waals surface area contributed by atoms with E-state index < -0.39 is 0 Å². The first kappa shape index (κ1) is 14.5. The molecule has 1 N–H and O–H groups in total. The van der Waals surface area contributed by atoms with Crippen LogP contribution in [0.2, 0.25) is 0 Å². The van der Waals surface area contributed by atoms with E-state index in [1.807, 2.05) is 12.5 Å². The van der Waals surface area contributed by atoms with E-state index >= 15 is 0 Å². The largest absolute Gasteiger partial charge is 0.377 e. The SMILES string of the molecule is CCCn1cncc1CNCCOC1CCCCC1. The number of aryl methyl sites for hydroxylation is 1. The Morgan fingerprint density at radius 3 is 3.00 bits per heavy atom. The Kier molecular flexibility index (Phi) is 6.37. The normalized spacial score (nSPS) is 16.9. The lowest BCUT2D eigenvalue weighted by Gasteiger charge is -2.22. The predicted octanol–water partition coefficient (Wildman–Crippen LogP) is 2.73. The van der Waals surface area contributed by atoms with E-state index in [2.05, 4.69) is 21.8 Å². The van der Waals surface area contributed by atoms with E-state index in [1.165, 1.54) is 37.8 Å². The average Bonchev–Trinajstić information content (AvgIpc) is 2.88. The lowest BCUT2D eigenvalue weighted by molar-refractivity contribution is 0.0302. The van der Waals surface area contributed by atoms with Gasteiger partial charge in [0.1, 0.15) is 0 Å². The molecular formula is C15H27N3O. The maximum Gasteiger partial charge on any atom is 0.0948 e. The summed E-state index contributed by atoms with van der Waals surface area (Å²) in [6, 6.07) is 0. The molecule has 2 rings (SSSR count). The van der Waals surface area contributed by atoms with E-state index in [0.29, 0.717) is 6.10 Å². The highest BCUT2D eigenvalue weighted by atomic mass is 16.5. The second-order valence-electron chi connectivity index (χ2n) is 5.39. The van der Waals surface area contributed by atoms with Crippen LogP contribution < -0.4 is 5.32 Å². The smallest absolute Gasteiger partial charge is 0.0948 e. The molecule has 0 aliphatic heterocycles. The second-order valence-corrected chi connectivity index (χ2v) is 5.39. The molecule has 1 fully saturated rings. The van der Waals surface area contributed by atoms with Crippen LogP contribution in [0.3, 0.4) is 0 Å². The molecular weight excluding hydrogens is 238 g/mol. The van der Waals surface area contributed by atoms with Gasteiger partial charge in [-0.25, -0.2) is 4.98 Å². The lowest BCUT2D eigenvalue weighted by Crippen LogP contribution is -2.25. The first-order valence-electron chi connectivity index (χ1n) is 7.71. The molecule has 0 radical (unpaired) electrons. The van der Waals surface area contributed by atoms with Crippen LogP contribution in [-0.2, 0) is 17.8 Å². The summed E-state index contributed by atoms with van der Waals surface area (Å²) < 4.78 is 8.11. The van der Waals surface area contributed by atoms with Crippen LogP contribution >= 0.6 is 0 Å². The van der Waals surface area contributed by atoms with Crippen molar-refractivity contribution in [2.75, 3.05) is 13.2 Å². The van der Waals surface area contributed by atoms with Gasteiger partial charge in [-0.05, 0) is 19.3 Å². The van der Waals surface area contributed by atoms with E-state index in [0.717, 1.165) is 32.7 Å². The van der Waals surface area contributed by atoms with E-state index in [4.69, 9.17) is 4.74 Å². The Bertz CT molecular complexity index is 345. The standard InChI is InChI=1S/C15H27N3O/c1-2-9-18-13-17-12-14(18)11-16-8-10-19-15-6-4-3-5-7-15/h12-13,15-16H,2-11H2,1H3. The summed E-state index contributed by atoms with van der Waals surface area (Å²) in [5.41, 5.74) is 1.26. The fourth-order valence-corrected chi connectivity index (χ4v) is 2.68. The van der Waals surface area contributed by atoms with Gasteiger partial charge in [0.2, 0.25) is 0 Å². The first-order chi connectivity index (χ1) is 9.40. The van der Waals surface area contributed by atoms with Crippen LogP contribution in [0.25, 0.3) is 0 Å². The molecule has 108 valence electrons. The fraction of sp³-hybridized carbons (Fsp3) is 0.800. The number of nitrogens with zero attached hydrogens (tertiary/aromatic N) is 2. The number of rotatable bonds is 8. The van der Waals surface area contributed by atoms with Gasteiger partial charge in [0.05, 0.1) is 24.7 Å². The van der Waals surface area contributed by atoms with E-state index in [1.54, 1.807) is 0 Å². The van der Waals surface area contributed by atoms with Crippen molar-refractivity contribution in [3.05, 3.63) is 18.2 Å². The molecule has 1 aromatic rings.